The normalized spacial score (nSPS) is 15.3. The van der Waals surface area contributed by atoms with E-state index in [0.717, 1.165) is 27.8 Å². The molecule has 1 aromatic heterocycles. The molecule has 192 valence electrons. The highest BCUT2D eigenvalue weighted by molar-refractivity contribution is 6.13. The Morgan fingerprint density at radius 2 is 1.68 bits per heavy atom. The molecule has 0 saturated heterocycles. The number of aromatic hydroxyl groups is 1. The molecule has 1 aliphatic heterocycles. The summed E-state index contributed by atoms with van der Waals surface area (Å²) in [5.74, 6) is -4.78. The number of anilines is 2. The fraction of sp³-hybridized carbons (Fsp3) is 0.200. The molecule has 4 rings (SSSR count). The molecule has 0 aliphatic carbocycles. The minimum Gasteiger partial charge on any atom is -0.503 e. The number of para-hydroxylation sites is 1. The van der Waals surface area contributed by atoms with E-state index in [1.807, 2.05) is 0 Å². The second-order valence-electron chi connectivity index (χ2n) is 8.52. The summed E-state index contributed by atoms with van der Waals surface area (Å²) in [6.07, 6.45) is -3.93. The van der Waals surface area contributed by atoms with Crippen LogP contribution in [0.25, 0.3) is 0 Å². The number of rotatable bonds is 4. The molecule has 1 unspecified atom stereocenters. The summed E-state index contributed by atoms with van der Waals surface area (Å²) in [5.41, 5.74) is -2.40. The van der Waals surface area contributed by atoms with Gasteiger partial charge in [-0.25, -0.2) is 4.79 Å². The van der Waals surface area contributed by atoms with Gasteiger partial charge < -0.3 is 20.1 Å². The van der Waals surface area contributed by atoms with Gasteiger partial charge in [0.1, 0.15) is 11.6 Å². The largest absolute Gasteiger partial charge is 0.503 e. The maximum absolute atomic E-state index is 13.5. The number of hydrogen-bond acceptors (Lipinski definition) is 5. The molecule has 9 nitrogen and oxygen atoms in total. The Morgan fingerprint density at radius 3 is 2.27 bits per heavy atom. The van der Waals surface area contributed by atoms with Crippen LogP contribution in [0.3, 0.4) is 0 Å². The van der Waals surface area contributed by atoms with E-state index < -0.39 is 64.5 Å². The van der Waals surface area contributed by atoms with E-state index in [9.17, 15) is 42.6 Å². The Labute approximate surface area is 207 Å². The van der Waals surface area contributed by atoms with Gasteiger partial charge in [-0.05, 0) is 43.2 Å². The molecule has 1 aliphatic rings. The highest BCUT2D eigenvalue weighted by atomic mass is 19.4. The van der Waals surface area contributed by atoms with Crippen LogP contribution in [0.4, 0.5) is 24.5 Å². The zero-order valence-electron chi connectivity index (χ0n) is 19.5. The molecule has 37 heavy (non-hydrogen) atoms. The number of aromatic nitrogens is 1. The van der Waals surface area contributed by atoms with Gasteiger partial charge in [-0.1, -0.05) is 24.3 Å². The highest BCUT2D eigenvalue weighted by Crippen LogP contribution is 2.35. The standard InChI is InChI=1S/C25H20F3N3O6/c1-12-5-3-6-13(2)18(12)29-22(34)17-11-30-10-16(24(36)37)20(32)21(33)19(30)23(35)31(17)15-8-4-7-14(9-15)25(26,27)28/h3-10,17,33H,11H2,1-2H3,(H,29,34)(H,36,37). The smallest absolute Gasteiger partial charge is 0.416 e. The number of aryl methyl sites for hydroxylation is 2. The van der Waals surface area contributed by atoms with Crippen molar-refractivity contribution in [3.05, 3.63) is 86.8 Å². The van der Waals surface area contributed by atoms with Gasteiger partial charge >= 0.3 is 12.1 Å². The maximum atomic E-state index is 13.5. The molecule has 2 amide bonds. The van der Waals surface area contributed by atoms with Gasteiger partial charge in [0, 0.05) is 17.6 Å². The number of carbonyl (C=O) groups excluding carboxylic acids is 2. The Bertz CT molecular complexity index is 1490. The summed E-state index contributed by atoms with van der Waals surface area (Å²) in [5, 5.41) is 22.4. The fourth-order valence-corrected chi connectivity index (χ4v) is 4.24. The monoisotopic (exact) mass is 515 g/mol. The van der Waals surface area contributed by atoms with Crippen LogP contribution in [0.5, 0.6) is 5.75 Å². The molecular formula is C25H20F3N3O6. The van der Waals surface area contributed by atoms with Gasteiger partial charge in [0.2, 0.25) is 11.3 Å². The minimum absolute atomic E-state index is 0.304. The van der Waals surface area contributed by atoms with Gasteiger partial charge in [0.25, 0.3) is 5.91 Å². The summed E-state index contributed by atoms with van der Waals surface area (Å²) in [6.45, 7) is 3.01. The second-order valence-corrected chi connectivity index (χ2v) is 8.52. The number of fused-ring (bicyclic) bond motifs is 1. The summed E-state index contributed by atoms with van der Waals surface area (Å²) < 4.78 is 41.2. The third kappa shape index (κ3) is 4.53. The lowest BCUT2D eigenvalue weighted by molar-refractivity contribution is -0.137. The van der Waals surface area contributed by atoms with Crippen molar-refractivity contribution in [2.24, 2.45) is 0 Å². The van der Waals surface area contributed by atoms with Gasteiger partial charge in [0.15, 0.2) is 11.4 Å². The average molecular weight is 515 g/mol. The van der Waals surface area contributed by atoms with Crippen molar-refractivity contribution in [2.75, 3.05) is 10.2 Å². The molecule has 0 radical (unpaired) electrons. The van der Waals surface area contributed by atoms with Crippen molar-refractivity contribution in [1.82, 2.24) is 4.57 Å². The van der Waals surface area contributed by atoms with Crippen LogP contribution in [0.1, 0.15) is 37.5 Å². The molecule has 2 heterocycles. The van der Waals surface area contributed by atoms with Crippen molar-refractivity contribution in [2.45, 2.75) is 32.6 Å². The van der Waals surface area contributed by atoms with Crippen molar-refractivity contribution < 1.29 is 37.8 Å². The van der Waals surface area contributed by atoms with Crippen LogP contribution in [-0.4, -0.2) is 38.6 Å². The number of carboxylic acid groups (broad SMARTS) is 1. The molecule has 12 heteroatoms. The third-order valence-electron chi connectivity index (χ3n) is 6.07. The molecule has 2 aromatic carbocycles. The van der Waals surface area contributed by atoms with E-state index in [1.54, 1.807) is 32.0 Å². The summed E-state index contributed by atoms with van der Waals surface area (Å²) in [6, 6.07) is 7.47. The van der Waals surface area contributed by atoms with Crippen LogP contribution in [-0.2, 0) is 17.5 Å². The van der Waals surface area contributed by atoms with E-state index >= 15 is 0 Å². The zero-order valence-corrected chi connectivity index (χ0v) is 19.5. The number of hydrogen-bond donors (Lipinski definition) is 3. The number of aromatic carboxylic acids is 1. The van der Waals surface area contributed by atoms with Gasteiger partial charge in [-0.15, -0.1) is 0 Å². The van der Waals surface area contributed by atoms with Crippen LogP contribution in [0.2, 0.25) is 0 Å². The number of nitrogens with zero attached hydrogens (tertiary/aromatic N) is 2. The quantitative estimate of drug-likeness (QED) is 0.488. The van der Waals surface area contributed by atoms with Crippen LogP contribution < -0.4 is 15.6 Å². The van der Waals surface area contributed by atoms with Crippen molar-refractivity contribution in [3.8, 4) is 5.75 Å². The Hall–Kier alpha value is -4.61. The number of amides is 2. The predicted octanol–water partition coefficient (Wildman–Crippen LogP) is 3.56. The lowest BCUT2D eigenvalue weighted by atomic mass is 10.0. The molecule has 0 fully saturated rings. The highest BCUT2D eigenvalue weighted by Gasteiger charge is 2.41. The Balaban J connectivity index is 1.89. The van der Waals surface area contributed by atoms with E-state index in [1.165, 1.54) is 6.07 Å². The number of benzene rings is 2. The first-order chi connectivity index (χ1) is 17.3. The molecule has 1 atom stereocenters. The topological polar surface area (TPSA) is 129 Å². The first-order valence-corrected chi connectivity index (χ1v) is 10.9. The Kier molecular flexibility index (Phi) is 6.28. The molecule has 0 saturated carbocycles. The number of halogens is 3. The van der Waals surface area contributed by atoms with Gasteiger partial charge in [0.05, 0.1) is 12.1 Å². The fourth-order valence-electron chi connectivity index (χ4n) is 4.24. The van der Waals surface area contributed by atoms with Crippen LogP contribution >= 0.6 is 0 Å². The lowest BCUT2D eigenvalue weighted by Crippen LogP contribution is -2.55. The third-order valence-corrected chi connectivity index (χ3v) is 6.07. The molecule has 0 spiro atoms. The summed E-state index contributed by atoms with van der Waals surface area (Å²) >= 11 is 0. The van der Waals surface area contributed by atoms with Crippen molar-refractivity contribution >= 4 is 29.2 Å². The first-order valence-electron chi connectivity index (χ1n) is 10.9. The molecular weight excluding hydrogens is 495 g/mol. The van der Waals surface area contributed by atoms with E-state index in [2.05, 4.69) is 5.32 Å². The summed E-state index contributed by atoms with van der Waals surface area (Å²) in [4.78, 5) is 51.6. The molecule has 3 aromatic rings. The summed E-state index contributed by atoms with van der Waals surface area (Å²) in [7, 11) is 0. The Morgan fingerprint density at radius 1 is 1.05 bits per heavy atom. The van der Waals surface area contributed by atoms with Crippen LogP contribution in [0.15, 0.2) is 53.5 Å². The number of alkyl halides is 3. The van der Waals surface area contributed by atoms with Gasteiger partial charge in [-0.2, -0.15) is 13.2 Å². The minimum atomic E-state index is -4.75. The van der Waals surface area contributed by atoms with Crippen molar-refractivity contribution in [3.63, 3.8) is 0 Å². The SMILES string of the molecule is Cc1cccc(C)c1NC(=O)C1Cn2cc(C(=O)O)c(=O)c(O)c2C(=O)N1c1cccc(C(F)(F)F)c1. The predicted molar refractivity (Wildman–Crippen MR) is 126 cm³/mol. The van der Waals surface area contributed by atoms with E-state index in [4.69, 9.17) is 0 Å². The zero-order chi connectivity index (χ0) is 27.2. The second kappa shape index (κ2) is 9.12. The average Bonchev–Trinajstić information content (AvgIpc) is 2.82. The lowest BCUT2D eigenvalue weighted by Gasteiger charge is -2.37. The van der Waals surface area contributed by atoms with Crippen molar-refractivity contribution in [1.29, 1.82) is 0 Å². The molecule has 3 N–H and O–H groups in total. The van der Waals surface area contributed by atoms with E-state index in [0.29, 0.717) is 22.9 Å². The number of pyridine rings is 1. The van der Waals surface area contributed by atoms with Crippen LogP contribution in [0, 0.1) is 13.8 Å². The number of carbonyl (C=O) groups is 3. The molecule has 0 bridgehead atoms. The number of carboxylic acids is 1. The van der Waals surface area contributed by atoms with E-state index in [-0.39, 0.29) is 5.69 Å². The first kappa shape index (κ1) is 25.5. The van der Waals surface area contributed by atoms with Gasteiger partial charge in [-0.3, -0.25) is 19.3 Å². The maximum Gasteiger partial charge on any atom is 0.416 e. The number of nitrogens with one attached hydrogen (secondary N) is 1.